The predicted molar refractivity (Wildman–Crippen MR) is 62.8 cm³/mol. The smallest absolute Gasteiger partial charge is 0.410 e. The summed E-state index contributed by atoms with van der Waals surface area (Å²) in [7, 11) is 0. The van der Waals surface area contributed by atoms with Crippen molar-refractivity contribution in [3.8, 4) is 0 Å². The molecule has 5 heteroatoms. The van der Waals surface area contributed by atoms with E-state index in [0.717, 1.165) is 12.7 Å². The molecule has 0 radical (unpaired) electrons. The lowest BCUT2D eigenvalue weighted by atomic mass is 10.1. The molecule has 0 aromatic heterocycles. The minimum absolute atomic E-state index is 0.128. The number of ether oxygens (including phenoxy) is 2. The van der Waals surface area contributed by atoms with Crippen LogP contribution in [-0.2, 0) is 14.3 Å². The molecule has 5 nitrogen and oxygen atoms in total. The molecule has 0 bridgehead atoms. The van der Waals surface area contributed by atoms with Crippen molar-refractivity contribution < 1.29 is 19.1 Å². The average Bonchev–Trinajstić information content (AvgIpc) is 2.64. The van der Waals surface area contributed by atoms with Gasteiger partial charge in [-0.3, -0.25) is 0 Å². The molecular weight excluding hydrogens is 222 g/mol. The molecule has 1 atom stereocenters. The SMILES string of the molecule is CC(C)(C)OC(=O)N1CC[C@H](COCC=O)C1. The molecule has 98 valence electrons. The number of hydrogen-bond donors (Lipinski definition) is 0. The van der Waals surface area contributed by atoms with Gasteiger partial charge in [-0.05, 0) is 27.2 Å². The van der Waals surface area contributed by atoms with E-state index in [0.29, 0.717) is 25.6 Å². The number of aldehydes is 1. The van der Waals surface area contributed by atoms with E-state index in [-0.39, 0.29) is 12.7 Å². The Labute approximate surface area is 102 Å². The van der Waals surface area contributed by atoms with E-state index in [1.54, 1.807) is 4.90 Å². The molecule has 0 aromatic rings. The quantitative estimate of drug-likeness (QED) is 0.554. The second kappa shape index (κ2) is 6.00. The minimum atomic E-state index is -0.455. The van der Waals surface area contributed by atoms with Crippen molar-refractivity contribution in [3.05, 3.63) is 0 Å². The van der Waals surface area contributed by atoms with Crippen LogP contribution in [0.2, 0.25) is 0 Å². The molecule has 1 rings (SSSR count). The molecule has 1 aliphatic rings. The van der Waals surface area contributed by atoms with Crippen LogP contribution in [0, 0.1) is 5.92 Å². The van der Waals surface area contributed by atoms with Crippen LogP contribution >= 0.6 is 0 Å². The van der Waals surface area contributed by atoms with Gasteiger partial charge in [0.05, 0.1) is 6.61 Å². The molecule has 0 N–H and O–H groups in total. The number of hydrogen-bond acceptors (Lipinski definition) is 4. The molecule has 17 heavy (non-hydrogen) atoms. The first-order chi connectivity index (χ1) is 7.92. The van der Waals surface area contributed by atoms with Crippen LogP contribution < -0.4 is 0 Å². The lowest BCUT2D eigenvalue weighted by molar-refractivity contribution is -0.112. The molecule has 1 heterocycles. The molecular formula is C12H21NO4. The summed E-state index contributed by atoms with van der Waals surface area (Å²) >= 11 is 0. The molecule has 1 saturated heterocycles. The lowest BCUT2D eigenvalue weighted by Crippen LogP contribution is -2.35. The Morgan fingerprint density at radius 3 is 2.76 bits per heavy atom. The van der Waals surface area contributed by atoms with E-state index < -0.39 is 5.60 Å². The van der Waals surface area contributed by atoms with Gasteiger partial charge in [0.2, 0.25) is 0 Å². The van der Waals surface area contributed by atoms with E-state index in [1.807, 2.05) is 20.8 Å². The number of carbonyl (C=O) groups excluding carboxylic acids is 2. The predicted octanol–water partition coefficient (Wildman–Crippen LogP) is 1.46. The fourth-order valence-electron chi connectivity index (χ4n) is 1.74. The summed E-state index contributed by atoms with van der Waals surface area (Å²) in [6.45, 7) is 7.56. The second-order valence-electron chi connectivity index (χ2n) is 5.29. The van der Waals surface area contributed by atoms with Gasteiger partial charge in [0, 0.05) is 19.0 Å². The number of amides is 1. The third kappa shape index (κ3) is 5.17. The van der Waals surface area contributed by atoms with Crippen LogP contribution in [0.4, 0.5) is 4.79 Å². The number of likely N-dealkylation sites (tertiary alicyclic amines) is 1. The van der Waals surface area contributed by atoms with E-state index in [1.165, 1.54) is 0 Å². The Bertz CT molecular complexity index is 272. The zero-order chi connectivity index (χ0) is 12.9. The number of rotatable bonds is 4. The fraction of sp³-hybridized carbons (Fsp3) is 0.833. The van der Waals surface area contributed by atoms with Gasteiger partial charge in [0.1, 0.15) is 18.5 Å². The Morgan fingerprint density at radius 2 is 2.18 bits per heavy atom. The van der Waals surface area contributed by atoms with Gasteiger partial charge in [-0.15, -0.1) is 0 Å². The third-order valence-corrected chi connectivity index (χ3v) is 2.48. The Kier molecular flexibility index (Phi) is 4.93. The zero-order valence-electron chi connectivity index (χ0n) is 10.8. The maximum absolute atomic E-state index is 11.7. The van der Waals surface area contributed by atoms with Crippen LogP contribution in [0.25, 0.3) is 0 Å². The average molecular weight is 243 g/mol. The van der Waals surface area contributed by atoms with E-state index in [4.69, 9.17) is 9.47 Å². The maximum Gasteiger partial charge on any atom is 0.410 e. The number of carbonyl (C=O) groups is 2. The van der Waals surface area contributed by atoms with Crippen molar-refractivity contribution in [1.82, 2.24) is 4.90 Å². The van der Waals surface area contributed by atoms with Crippen molar-refractivity contribution in [2.45, 2.75) is 32.8 Å². The normalized spacial score (nSPS) is 20.4. The summed E-state index contributed by atoms with van der Waals surface area (Å²) in [6, 6.07) is 0. The van der Waals surface area contributed by atoms with Gasteiger partial charge in [0.15, 0.2) is 0 Å². The zero-order valence-corrected chi connectivity index (χ0v) is 10.8. The lowest BCUT2D eigenvalue weighted by Gasteiger charge is -2.24. The van der Waals surface area contributed by atoms with Crippen LogP contribution in [0.5, 0.6) is 0 Å². The highest BCUT2D eigenvalue weighted by molar-refractivity contribution is 5.68. The highest BCUT2D eigenvalue weighted by Crippen LogP contribution is 2.19. The minimum Gasteiger partial charge on any atom is -0.444 e. The molecule has 0 spiro atoms. The Balaban J connectivity index is 2.29. The highest BCUT2D eigenvalue weighted by Gasteiger charge is 2.29. The monoisotopic (exact) mass is 243 g/mol. The topological polar surface area (TPSA) is 55.8 Å². The van der Waals surface area contributed by atoms with Gasteiger partial charge in [-0.25, -0.2) is 4.79 Å². The number of nitrogens with zero attached hydrogens (tertiary/aromatic N) is 1. The molecule has 0 unspecified atom stereocenters. The van der Waals surface area contributed by atoms with Crippen LogP contribution in [0.3, 0.4) is 0 Å². The van der Waals surface area contributed by atoms with Crippen molar-refractivity contribution in [2.75, 3.05) is 26.3 Å². The summed E-state index contributed by atoms with van der Waals surface area (Å²) in [5.74, 6) is 0.308. The molecule has 0 saturated carbocycles. The first kappa shape index (κ1) is 14.0. The summed E-state index contributed by atoms with van der Waals surface area (Å²) in [5.41, 5.74) is -0.455. The molecule has 1 amide bonds. The van der Waals surface area contributed by atoms with Crippen LogP contribution in [0.1, 0.15) is 27.2 Å². The summed E-state index contributed by atoms with van der Waals surface area (Å²) in [5, 5.41) is 0. The summed E-state index contributed by atoms with van der Waals surface area (Å²) < 4.78 is 10.4. The van der Waals surface area contributed by atoms with Gasteiger partial charge in [-0.1, -0.05) is 0 Å². The molecule has 1 fully saturated rings. The third-order valence-electron chi connectivity index (χ3n) is 2.48. The van der Waals surface area contributed by atoms with Crippen molar-refractivity contribution >= 4 is 12.4 Å². The van der Waals surface area contributed by atoms with Gasteiger partial charge >= 0.3 is 6.09 Å². The largest absolute Gasteiger partial charge is 0.444 e. The van der Waals surface area contributed by atoms with Crippen LogP contribution in [-0.4, -0.2) is 49.2 Å². The second-order valence-corrected chi connectivity index (χ2v) is 5.29. The first-order valence-electron chi connectivity index (χ1n) is 5.91. The standard InChI is InChI=1S/C12H21NO4/c1-12(2,3)17-11(15)13-5-4-10(8-13)9-16-7-6-14/h6,10H,4-5,7-9H2,1-3H3/t10-/m0/s1. The Hall–Kier alpha value is -1.10. The molecule has 0 aromatic carbocycles. The van der Waals surface area contributed by atoms with Gasteiger partial charge in [0.25, 0.3) is 0 Å². The van der Waals surface area contributed by atoms with E-state index >= 15 is 0 Å². The molecule has 1 aliphatic heterocycles. The maximum atomic E-state index is 11.7. The summed E-state index contributed by atoms with van der Waals surface area (Å²) in [4.78, 5) is 23.5. The fourth-order valence-corrected chi connectivity index (χ4v) is 1.74. The van der Waals surface area contributed by atoms with Crippen molar-refractivity contribution in [1.29, 1.82) is 0 Å². The van der Waals surface area contributed by atoms with Gasteiger partial charge < -0.3 is 19.2 Å². The van der Waals surface area contributed by atoms with E-state index in [9.17, 15) is 9.59 Å². The highest BCUT2D eigenvalue weighted by atomic mass is 16.6. The van der Waals surface area contributed by atoms with Crippen molar-refractivity contribution in [3.63, 3.8) is 0 Å². The van der Waals surface area contributed by atoms with Gasteiger partial charge in [-0.2, -0.15) is 0 Å². The van der Waals surface area contributed by atoms with Crippen LogP contribution in [0.15, 0.2) is 0 Å². The Morgan fingerprint density at radius 1 is 1.47 bits per heavy atom. The first-order valence-corrected chi connectivity index (χ1v) is 5.91. The molecule has 0 aliphatic carbocycles. The van der Waals surface area contributed by atoms with Crippen molar-refractivity contribution in [2.24, 2.45) is 5.92 Å². The van der Waals surface area contributed by atoms with E-state index in [2.05, 4.69) is 0 Å². The summed E-state index contributed by atoms with van der Waals surface area (Å²) in [6.07, 6.45) is 1.37.